The van der Waals surface area contributed by atoms with Gasteiger partial charge in [-0.15, -0.1) is 0 Å². The van der Waals surface area contributed by atoms with Gasteiger partial charge in [-0.25, -0.2) is 0 Å². The Morgan fingerprint density at radius 2 is 2.15 bits per heavy atom. The summed E-state index contributed by atoms with van der Waals surface area (Å²) >= 11 is 0. The minimum absolute atomic E-state index is 0.282. The zero-order valence-electron chi connectivity index (χ0n) is 7.79. The first-order valence-corrected chi connectivity index (χ1v) is 4.19. The van der Waals surface area contributed by atoms with E-state index in [2.05, 4.69) is 6.58 Å². The number of hydrogen-bond acceptors (Lipinski definition) is 2. The fraction of sp³-hybridized carbons (Fsp3) is 0.273. The van der Waals surface area contributed by atoms with Crippen molar-refractivity contribution in [3.63, 3.8) is 0 Å². The molecule has 13 heavy (non-hydrogen) atoms. The Hall–Kier alpha value is -1.28. The van der Waals surface area contributed by atoms with Crippen LogP contribution in [0.5, 0.6) is 5.75 Å². The average Bonchev–Trinajstić information content (AvgIpc) is 2.08. The largest absolute Gasteiger partial charge is 0.508 e. The number of hydrogen-bond donors (Lipinski definition) is 1. The fourth-order valence-electron chi connectivity index (χ4n) is 0.968. The molecule has 0 spiro atoms. The van der Waals surface area contributed by atoms with Gasteiger partial charge >= 0.3 is 0 Å². The third-order valence-electron chi connectivity index (χ3n) is 1.60. The average molecular weight is 178 g/mol. The number of phenolic OH excluding ortho intramolecular Hbond substituents is 1. The van der Waals surface area contributed by atoms with Gasteiger partial charge in [-0.1, -0.05) is 30.4 Å². The molecule has 0 fully saturated rings. The highest BCUT2D eigenvalue weighted by molar-refractivity contribution is 5.30. The van der Waals surface area contributed by atoms with Crippen LogP contribution in [0.3, 0.4) is 0 Å². The predicted octanol–water partition coefficient (Wildman–Crippen LogP) is 2.48. The molecule has 0 saturated carbocycles. The Morgan fingerprint density at radius 3 is 2.77 bits per heavy atom. The Morgan fingerprint density at radius 1 is 1.46 bits per heavy atom. The van der Waals surface area contributed by atoms with Gasteiger partial charge in [0.25, 0.3) is 0 Å². The molecule has 2 heteroatoms. The third-order valence-corrected chi connectivity index (χ3v) is 1.60. The molecule has 0 unspecified atom stereocenters. The number of rotatable bonds is 4. The highest BCUT2D eigenvalue weighted by Gasteiger charge is 1.98. The smallest absolute Gasteiger partial charge is 0.121 e. The van der Waals surface area contributed by atoms with Crippen molar-refractivity contribution in [3.8, 4) is 5.75 Å². The molecule has 0 aliphatic rings. The molecule has 0 atom stereocenters. The van der Waals surface area contributed by atoms with Crippen LogP contribution in [0, 0.1) is 0 Å². The zero-order chi connectivity index (χ0) is 9.68. The predicted molar refractivity (Wildman–Crippen MR) is 52.6 cm³/mol. The summed E-state index contributed by atoms with van der Waals surface area (Å²) in [6, 6.07) is 7.16. The van der Waals surface area contributed by atoms with Gasteiger partial charge in [-0.2, -0.15) is 0 Å². The zero-order valence-corrected chi connectivity index (χ0v) is 7.79. The molecule has 0 radical (unpaired) electrons. The maximum absolute atomic E-state index is 9.37. The van der Waals surface area contributed by atoms with E-state index in [1.165, 1.54) is 0 Å². The minimum atomic E-state index is 0.282. The Balaban J connectivity index is 2.45. The second-order valence-electron chi connectivity index (χ2n) is 3.08. The van der Waals surface area contributed by atoms with Crippen molar-refractivity contribution in [3.05, 3.63) is 42.0 Å². The van der Waals surface area contributed by atoms with Crippen molar-refractivity contribution in [1.82, 2.24) is 0 Å². The van der Waals surface area contributed by atoms with Gasteiger partial charge in [-0.05, 0) is 13.0 Å². The molecule has 0 saturated heterocycles. The minimum Gasteiger partial charge on any atom is -0.508 e. The van der Waals surface area contributed by atoms with E-state index in [0.717, 1.165) is 11.1 Å². The highest BCUT2D eigenvalue weighted by Crippen LogP contribution is 2.16. The van der Waals surface area contributed by atoms with Crippen LogP contribution in [-0.4, -0.2) is 11.7 Å². The van der Waals surface area contributed by atoms with Crippen LogP contribution < -0.4 is 0 Å². The lowest BCUT2D eigenvalue weighted by Gasteiger charge is -2.05. The molecule has 0 aliphatic carbocycles. The molecular weight excluding hydrogens is 164 g/mol. The summed E-state index contributed by atoms with van der Waals surface area (Å²) in [6.45, 7) is 6.59. The van der Waals surface area contributed by atoms with Gasteiger partial charge in [0, 0.05) is 5.56 Å². The number of benzene rings is 1. The summed E-state index contributed by atoms with van der Waals surface area (Å²) in [5.41, 5.74) is 1.79. The van der Waals surface area contributed by atoms with Crippen molar-refractivity contribution in [2.45, 2.75) is 13.5 Å². The molecule has 1 N–H and O–H groups in total. The summed E-state index contributed by atoms with van der Waals surface area (Å²) < 4.78 is 5.30. The van der Waals surface area contributed by atoms with Crippen molar-refractivity contribution in [2.24, 2.45) is 0 Å². The monoisotopic (exact) mass is 178 g/mol. The number of aromatic hydroxyl groups is 1. The number of para-hydroxylation sites is 1. The lowest BCUT2D eigenvalue weighted by Crippen LogP contribution is -1.95. The summed E-state index contributed by atoms with van der Waals surface area (Å²) in [5.74, 6) is 0.282. The molecule has 0 amide bonds. The van der Waals surface area contributed by atoms with E-state index in [0.29, 0.717) is 13.2 Å². The van der Waals surface area contributed by atoms with Gasteiger partial charge in [0.15, 0.2) is 0 Å². The van der Waals surface area contributed by atoms with E-state index in [1.54, 1.807) is 12.1 Å². The van der Waals surface area contributed by atoms with E-state index in [4.69, 9.17) is 4.74 Å². The van der Waals surface area contributed by atoms with Crippen LogP contribution in [0.4, 0.5) is 0 Å². The van der Waals surface area contributed by atoms with Crippen LogP contribution >= 0.6 is 0 Å². The molecule has 0 heterocycles. The molecular formula is C11H14O2. The Bertz CT molecular complexity index is 292. The SMILES string of the molecule is C=C(C)COCc1ccccc1O. The molecule has 1 aromatic carbocycles. The molecule has 1 rings (SSSR count). The van der Waals surface area contributed by atoms with Gasteiger partial charge < -0.3 is 9.84 Å². The summed E-state index contributed by atoms with van der Waals surface area (Å²) in [7, 11) is 0. The molecule has 70 valence electrons. The maximum atomic E-state index is 9.37. The van der Waals surface area contributed by atoms with Crippen molar-refractivity contribution < 1.29 is 9.84 Å². The number of ether oxygens (including phenoxy) is 1. The van der Waals surface area contributed by atoms with Crippen LogP contribution in [0.25, 0.3) is 0 Å². The molecule has 2 nitrogen and oxygen atoms in total. The van der Waals surface area contributed by atoms with Crippen LogP contribution in [0.2, 0.25) is 0 Å². The highest BCUT2D eigenvalue weighted by atomic mass is 16.5. The normalized spacial score (nSPS) is 9.92. The fourth-order valence-corrected chi connectivity index (χ4v) is 0.968. The van der Waals surface area contributed by atoms with Crippen LogP contribution in [-0.2, 0) is 11.3 Å². The van der Waals surface area contributed by atoms with Gasteiger partial charge in [0.1, 0.15) is 5.75 Å². The van der Waals surface area contributed by atoms with E-state index < -0.39 is 0 Å². The van der Waals surface area contributed by atoms with Crippen LogP contribution in [0.1, 0.15) is 12.5 Å². The van der Waals surface area contributed by atoms with Crippen molar-refractivity contribution >= 4 is 0 Å². The Labute approximate surface area is 78.5 Å². The molecule has 0 aliphatic heterocycles. The van der Waals surface area contributed by atoms with Crippen molar-refractivity contribution in [2.75, 3.05) is 6.61 Å². The summed E-state index contributed by atoms with van der Waals surface area (Å²) in [4.78, 5) is 0. The van der Waals surface area contributed by atoms with Gasteiger partial charge in [0.05, 0.1) is 13.2 Å². The first-order chi connectivity index (χ1) is 6.20. The van der Waals surface area contributed by atoms with Gasteiger partial charge in [0.2, 0.25) is 0 Å². The molecule has 0 aromatic heterocycles. The van der Waals surface area contributed by atoms with E-state index in [9.17, 15) is 5.11 Å². The first kappa shape index (κ1) is 9.81. The standard InChI is InChI=1S/C11H14O2/c1-9(2)7-13-8-10-5-3-4-6-11(10)12/h3-6,12H,1,7-8H2,2H3. The van der Waals surface area contributed by atoms with Gasteiger partial charge in [-0.3, -0.25) is 0 Å². The maximum Gasteiger partial charge on any atom is 0.121 e. The third kappa shape index (κ3) is 3.30. The second-order valence-corrected chi connectivity index (χ2v) is 3.08. The second kappa shape index (κ2) is 4.67. The lowest BCUT2D eigenvalue weighted by molar-refractivity contribution is 0.140. The van der Waals surface area contributed by atoms with E-state index >= 15 is 0 Å². The van der Waals surface area contributed by atoms with Crippen LogP contribution in [0.15, 0.2) is 36.4 Å². The lowest BCUT2D eigenvalue weighted by atomic mass is 10.2. The molecule has 0 bridgehead atoms. The van der Waals surface area contributed by atoms with E-state index in [-0.39, 0.29) is 5.75 Å². The summed E-state index contributed by atoms with van der Waals surface area (Å²) in [5, 5.41) is 9.37. The summed E-state index contributed by atoms with van der Waals surface area (Å²) in [6.07, 6.45) is 0. The van der Waals surface area contributed by atoms with Crippen molar-refractivity contribution in [1.29, 1.82) is 0 Å². The molecule has 1 aromatic rings. The quantitative estimate of drug-likeness (QED) is 0.718. The number of phenols is 1. The Kier molecular flexibility index (Phi) is 3.53. The van der Waals surface area contributed by atoms with E-state index in [1.807, 2.05) is 19.1 Å². The first-order valence-electron chi connectivity index (χ1n) is 4.19. The topological polar surface area (TPSA) is 29.5 Å².